The number of aryl methyl sites for hydroxylation is 1. The molecule has 174 valence electrons. The van der Waals surface area contributed by atoms with Crippen LogP contribution >= 0.6 is 11.3 Å². The quantitative estimate of drug-likeness (QED) is 0.533. The third-order valence-corrected chi connectivity index (χ3v) is 7.53. The second-order valence-electron chi connectivity index (χ2n) is 8.44. The minimum atomic E-state index is -3.15. The van der Waals surface area contributed by atoms with Crippen molar-refractivity contribution in [3.63, 3.8) is 0 Å². The molecule has 33 heavy (non-hydrogen) atoms. The summed E-state index contributed by atoms with van der Waals surface area (Å²) in [5, 5.41) is 10.5. The van der Waals surface area contributed by atoms with Crippen LogP contribution in [-0.4, -0.2) is 35.3 Å². The van der Waals surface area contributed by atoms with Crippen molar-refractivity contribution >= 4 is 28.2 Å². The van der Waals surface area contributed by atoms with Gasteiger partial charge in [-0.3, -0.25) is 4.79 Å². The van der Waals surface area contributed by atoms with Crippen molar-refractivity contribution in [3.05, 3.63) is 50.6 Å². The van der Waals surface area contributed by atoms with Gasteiger partial charge in [-0.25, -0.2) is 13.6 Å². The van der Waals surface area contributed by atoms with Gasteiger partial charge in [0, 0.05) is 34.0 Å². The standard InChI is InChI=1S/C24H23F2NO5S/c1-3-32-23(30)16-11-27(13-4-5-13)18-15(19(16)28)7-6-14(20(18)31-2)17-10-12-8-9-24(25,26)22(29)21(12)33-17/h6-7,10-11,13,22,29H,3-5,8-9H2,1-2H3. The molecule has 9 heteroatoms. The van der Waals surface area contributed by atoms with Gasteiger partial charge in [0.05, 0.1) is 24.6 Å². The Labute approximate surface area is 192 Å². The van der Waals surface area contributed by atoms with Crippen molar-refractivity contribution in [2.24, 2.45) is 0 Å². The Balaban J connectivity index is 1.72. The molecular weight excluding hydrogens is 452 g/mol. The van der Waals surface area contributed by atoms with E-state index in [4.69, 9.17) is 9.47 Å². The first-order chi connectivity index (χ1) is 15.8. The van der Waals surface area contributed by atoms with E-state index in [0.717, 1.165) is 24.2 Å². The number of aliphatic hydroxyl groups is 1. The van der Waals surface area contributed by atoms with Crippen LogP contribution in [0.15, 0.2) is 29.2 Å². The van der Waals surface area contributed by atoms with Gasteiger partial charge in [-0.05, 0) is 49.9 Å². The summed E-state index contributed by atoms with van der Waals surface area (Å²) in [6.45, 7) is 1.84. The molecule has 1 saturated carbocycles. The van der Waals surface area contributed by atoms with Gasteiger partial charge in [-0.2, -0.15) is 0 Å². The first kappa shape index (κ1) is 22.0. The highest BCUT2D eigenvalue weighted by Crippen LogP contribution is 2.49. The predicted octanol–water partition coefficient (Wildman–Crippen LogP) is 4.87. The molecule has 0 aliphatic heterocycles. The highest BCUT2D eigenvalue weighted by atomic mass is 32.1. The third kappa shape index (κ3) is 3.54. The van der Waals surface area contributed by atoms with Crippen LogP contribution in [0.3, 0.4) is 0 Å². The molecule has 1 atom stereocenters. The summed E-state index contributed by atoms with van der Waals surface area (Å²) in [6, 6.07) is 5.29. The van der Waals surface area contributed by atoms with Gasteiger partial charge in [0.15, 0.2) is 11.9 Å². The molecule has 2 aliphatic rings. The molecule has 1 aromatic carbocycles. The second-order valence-corrected chi connectivity index (χ2v) is 9.52. The Morgan fingerprint density at radius 2 is 2.09 bits per heavy atom. The molecule has 0 bridgehead atoms. The van der Waals surface area contributed by atoms with Gasteiger partial charge in [0.1, 0.15) is 5.56 Å². The van der Waals surface area contributed by atoms with Crippen LogP contribution in [0.2, 0.25) is 0 Å². The average Bonchev–Trinajstić information content (AvgIpc) is 3.54. The summed E-state index contributed by atoms with van der Waals surface area (Å²) >= 11 is 1.11. The van der Waals surface area contributed by atoms with Crippen LogP contribution in [0.1, 0.15) is 59.1 Å². The number of carbonyl (C=O) groups excluding carboxylic acids is 1. The number of hydrogen-bond acceptors (Lipinski definition) is 6. The van der Waals surface area contributed by atoms with E-state index in [-0.39, 0.29) is 29.5 Å². The fraction of sp³-hybridized carbons (Fsp3) is 0.417. The maximum absolute atomic E-state index is 14.0. The molecule has 1 N–H and O–H groups in total. The number of fused-ring (bicyclic) bond motifs is 2. The molecule has 3 aromatic rings. The van der Waals surface area contributed by atoms with Crippen molar-refractivity contribution in [1.82, 2.24) is 4.57 Å². The van der Waals surface area contributed by atoms with Crippen LogP contribution in [0.5, 0.6) is 5.75 Å². The van der Waals surface area contributed by atoms with Crippen LogP contribution in [0.4, 0.5) is 8.78 Å². The van der Waals surface area contributed by atoms with E-state index in [2.05, 4.69) is 0 Å². The molecule has 1 unspecified atom stereocenters. The van der Waals surface area contributed by atoms with Gasteiger partial charge in [0.25, 0.3) is 5.92 Å². The fourth-order valence-corrected chi connectivity index (χ4v) is 5.73. The minimum Gasteiger partial charge on any atom is -0.494 e. The summed E-state index contributed by atoms with van der Waals surface area (Å²) in [4.78, 5) is 26.5. The SMILES string of the molecule is CCOC(=O)c1cn(C2CC2)c2c(OC)c(-c3cc4c(s3)C(O)C(F)(F)CC4)ccc2c1=O. The molecule has 2 heterocycles. The van der Waals surface area contributed by atoms with Gasteiger partial charge < -0.3 is 19.1 Å². The van der Waals surface area contributed by atoms with Gasteiger partial charge in [-0.15, -0.1) is 11.3 Å². The topological polar surface area (TPSA) is 77.8 Å². The number of thiophene rings is 1. The number of esters is 1. The molecular formula is C24H23F2NO5S. The molecule has 0 spiro atoms. The zero-order chi connectivity index (χ0) is 23.5. The number of halogens is 2. The number of aliphatic hydroxyl groups excluding tert-OH is 1. The summed E-state index contributed by atoms with van der Waals surface area (Å²) in [7, 11) is 1.50. The number of methoxy groups -OCH3 is 1. The highest BCUT2D eigenvalue weighted by Gasteiger charge is 2.44. The van der Waals surface area contributed by atoms with E-state index in [0.29, 0.717) is 32.7 Å². The third-order valence-electron chi connectivity index (χ3n) is 6.27. The molecule has 2 aromatic heterocycles. The number of nitrogens with zero attached hydrogens (tertiary/aromatic N) is 1. The Kier molecular flexibility index (Phi) is 5.29. The zero-order valence-corrected chi connectivity index (χ0v) is 19.0. The van der Waals surface area contributed by atoms with Crippen molar-refractivity contribution in [1.29, 1.82) is 0 Å². The van der Waals surface area contributed by atoms with E-state index in [1.165, 1.54) is 13.3 Å². The van der Waals surface area contributed by atoms with Crippen molar-refractivity contribution in [2.75, 3.05) is 13.7 Å². The number of rotatable bonds is 5. The van der Waals surface area contributed by atoms with Crippen molar-refractivity contribution in [3.8, 4) is 16.2 Å². The van der Waals surface area contributed by atoms with Gasteiger partial charge in [-0.1, -0.05) is 0 Å². The van der Waals surface area contributed by atoms with Gasteiger partial charge in [0.2, 0.25) is 5.43 Å². The highest BCUT2D eigenvalue weighted by molar-refractivity contribution is 7.15. The molecule has 5 rings (SSSR count). The average molecular weight is 476 g/mol. The summed E-state index contributed by atoms with van der Waals surface area (Å²) < 4.78 is 40.8. The first-order valence-electron chi connectivity index (χ1n) is 10.9. The summed E-state index contributed by atoms with van der Waals surface area (Å²) in [6.07, 6.45) is 1.30. The number of hydrogen-bond donors (Lipinski definition) is 1. The maximum Gasteiger partial charge on any atom is 0.343 e. The minimum absolute atomic E-state index is 0.0250. The van der Waals surface area contributed by atoms with Crippen LogP contribution in [-0.2, 0) is 11.2 Å². The lowest BCUT2D eigenvalue weighted by Crippen LogP contribution is -2.30. The van der Waals surface area contributed by atoms with E-state index in [1.807, 2.05) is 10.6 Å². The monoisotopic (exact) mass is 475 g/mol. The van der Waals surface area contributed by atoms with Gasteiger partial charge >= 0.3 is 5.97 Å². The van der Waals surface area contributed by atoms with E-state index >= 15 is 0 Å². The lowest BCUT2D eigenvalue weighted by atomic mass is 9.93. The lowest BCUT2D eigenvalue weighted by molar-refractivity contribution is -0.119. The van der Waals surface area contributed by atoms with Crippen LogP contribution < -0.4 is 10.2 Å². The van der Waals surface area contributed by atoms with E-state index in [9.17, 15) is 23.5 Å². The number of alkyl halides is 2. The summed E-state index contributed by atoms with van der Waals surface area (Å²) in [5.41, 5.74) is 1.45. The Morgan fingerprint density at radius 3 is 2.76 bits per heavy atom. The fourth-order valence-electron chi connectivity index (χ4n) is 4.45. The van der Waals surface area contributed by atoms with Crippen molar-refractivity contribution in [2.45, 2.75) is 50.7 Å². The number of aromatic nitrogens is 1. The first-order valence-corrected chi connectivity index (χ1v) is 11.7. The molecule has 0 radical (unpaired) electrons. The summed E-state index contributed by atoms with van der Waals surface area (Å²) in [5.74, 6) is -3.38. The number of pyridine rings is 1. The molecule has 1 fully saturated rings. The molecule has 2 aliphatic carbocycles. The number of benzene rings is 1. The van der Waals surface area contributed by atoms with E-state index < -0.39 is 29.8 Å². The zero-order valence-electron chi connectivity index (χ0n) is 18.2. The predicted molar refractivity (Wildman–Crippen MR) is 121 cm³/mol. The van der Waals surface area contributed by atoms with Crippen molar-refractivity contribution < 1.29 is 28.2 Å². The Morgan fingerprint density at radius 1 is 1.33 bits per heavy atom. The van der Waals surface area contributed by atoms with Crippen LogP contribution in [0, 0.1) is 0 Å². The normalized spacial score (nSPS) is 19.4. The maximum atomic E-state index is 14.0. The Bertz CT molecular complexity index is 1320. The lowest BCUT2D eigenvalue weighted by Gasteiger charge is -2.27. The van der Waals surface area contributed by atoms with Crippen LogP contribution in [0.25, 0.3) is 21.3 Å². The molecule has 0 saturated heterocycles. The smallest absolute Gasteiger partial charge is 0.343 e. The molecule has 6 nitrogen and oxygen atoms in total. The molecule has 0 amide bonds. The largest absolute Gasteiger partial charge is 0.494 e. The van der Waals surface area contributed by atoms with E-state index in [1.54, 1.807) is 19.1 Å². The second kappa shape index (κ2) is 7.92. The Hall–Kier alpha value is -2.78. The number of ether oxygens (including phenoxy) is 2. The number of carbonyl (C=O) groups is 1.